The van der Waals surface area contributed by atoms with Crippen LogP contribution in [0.5, 0.6) is 0 Å². The summed E-state index contributed by atoms with van der Waals surface area (Å²) in [4.78, 5) is 22.7. The average molecular weight is 294 g/mol. The third-order valence-electron chi connectivity index (χ3n) is 3.69. The van der Waals surface area contributed by atoms with Crippen LogP contribution in [0.15, 0.2) is 18.2 Å². The van der Waals surface area contributed by atoms with E-state index in [4.69, 9.17) is 0 Å². The highest BCUT2D eigenvalue weighted by atomic mass is 16.6. The van der Waals surface area contributed by atoms with E-state index in [-0.39, 0.29) is 11.4 Å². The zero-order valence-corrected chi connectivity index (χ0v) is 11.8. The molecule has 0 spiro atoms. The van der Waals surface area contributed by atoms with E-state index in [1.165, 1.54) is 12.1 Å². The van der Waals surface area contributed by atoms with Gasteiger partial charge in [0, 0.05) is 25.2 Å². The van der Waals surface area contributed by atoms with E-state index in [0.717, 1.165) is 25.5 Å². The Kier molecular flexibility index (Phi) is 4.69. The molecule has 1 saturated heterocycles. The van der Waals surface area contributed by atoms with Crippen LogP contribution in [0.3, 0.4) is 0 Å². The molecule has 0 bridgehead atoms. The summed E-state index contributed by atoms with van der Waals surface area (Å²) in [7, 11) is 0. The second-order valence-electron chi connectivity index (χ2n) is 5.02. The van der Waals surface area contributed by atoms with Gasteiger partial charge in [-0.2, -0.15) is 0 Å². The molecule has 1 fully saturated rings. The molecule has 0 saturated carbocycles. The Labute approximate surface area is 122 Å². The molecule has 0 aromatic heterocycles. The number of likely N-dealkylation sites (N-methyl/N-ethyl adjacent to an activating group) is 1. The quantitative estimate of drug-likeness (QED) is 0.636. The van der Waals surface area contributed by atoms with E-state index < -0.39 is 9.85 Å². The van der Waals surface area contributed by atoms with Crippen LogP contribution in [-0.2, 0) is 0 Å². The van der Waals surface area contributed by atoms with Gasteiger partial charge in [-0.1, -0.05) is 0 Å². The van der Waals surface area contributed by atoms with Crippen molar-refractivity contribution < 1.29 is 9.85 Å². The van der Waals surface area contributed by atoms with Gasteiger partial charge in [-0.05, 0) is 32.4 Å². The molecule has 0 aliphatic carbocycles. The highest BCUT2D eigenvalue weighted by Crippen LogP contribution is 2.32. The maximum atomic E-state index is 11.2. The molecule has 1 atom stereocenters. The van der Waals surface area contributed by atoms with Gasteiger partial charge in [0.25, 0.3) is 11.4 Å². The topological polar surface area (TPSA) is 102 Å². The molecular weight excluding hydrogens is 276 g/mol. The van der Waals surface area contributed by atoms with E-state index in [2.05, 4.69) is 5.32 Å². The number of rotatable bonds is 6. The smallest absolute Gasteiger partial charge is 0.299 e. The van der Waals surface area contributed by atoms with Crippen LogP contribution >= 0.6 is 0 Å². The summed E-state index contributed by atoms with van der Waals surface area (Å²) in [5.74, 6) is 0. The molecular formula is C13H18N4O4. The number of hydrogen-bond donors (Lipinski definition) is 1. The van der Waals surface area contributed by atoms with Crippen LogP contribution in [0.4, 0.5) is 17.1 Å². The molecule has 2 rings (SSSR count). The number of nitrogens with zero attached hydrogens (tertiary/aromatic N) is 3. The van der Waals surface area contributed by atoms with E-state index in [9.17, 15) is 20.2 Å². The first-order valence-electron chi connectivity index (χ1n) is 6.94. The molecule has 1 heterocycles. The SMILES string of the molecule is CCN(CC1CCCN1)c1ccc([N+](=O)[O-])cc1[N+](=O)[O-]. The van der Waals surface area contributed by atoms with E-state index >= 15 is 0 Å². The summed E-state index contributed by atoms with van der Waals surface area (Å²) in [6.07, 6.45) is 2.14. The number of hydrogen-bond acceptors (Lipinski definition) is 6. The largest absolute Gasteiger partial charge is 0.365 e. The number of benzene rings is 1. The van der Waals surface area contributed by atoms with Gasteiger partial charge in [0.2, 0.25) is 0 Å². The van der Waals surface area contributed by atoms with Crippen molar-refractivity contribution in [1.82, 2.24) is 5.32 Å². The number of non-ortho nitro benzene ring substituents is 1. The van der Waals surface area contributed by atoms with Crippen LogP contribution in [0.2, 0.25) is 0 Å². The van der Waals surface area contributed by atoms with Gasteiger partial charge in [-0.3, -0.25) is 20.2 Å². The van der Waals surface area contributed by atoms with E-state index in [1.807, 2.05) is 11.8 Å². The molecule has 8 nitrogen and oxygen atoms in total. The van der Waals surface area contributed by atoms with Crippen molar-refractivity contribution >= 4 is 17.1 Å². The second-order valence-corrected chi connectivity index (χ2v) is 5.02. The summed E-state index contributed by atoms with van der Waals surface area (Å²) in [5, 5.41) is 25.3. The van der Waals surface area contributed by atoms with Crippen molar-refractivity contribution in [1.29, 1.82) is 0 Å². The standard InChI is InChI=1S/C13H18N4O4/c1-2-15(9-10-4-3-7-14-10)12-6-5-11(16(18)19)8-13(12)17(20)21/h5-6,8,10,14H,2-4,7,9H2,1H3. The van der Waals surface area contributed by atoms with Crippen molar-refractivity contribution in [2.24, 2.45) is 0 Å². The molecule has 114 valence electrons. The number of anilines is 1. The van der Waals surface area contributed by atoms with Crippen LogP contribution in [0.1, 0.15) is 19.8 Å². The number of nitro benzene ring substituents is 2. The van der Waals surface area contributed by atoms with Gasteiger partial charge in [-0.25, -0.2) is 0 Å². The second kappa shape index (κ2) is 6.49. The lowest BCUT2D eigenvalue weighted by Gasteiger charge is -2.26. The Bertz CT molecular complexity index is 543. The zero-order valence-electron chi connectivity index (χ0n) is 11.8. The summed E-state index contributed by atoms with van der Waals surface area (Å²) < 4.78 is 0. The average Bonchev–Trinajstić information content (AvgIpc) is 2.97. The first-order valence-corrected chi connectivity index (χ1v) is 6.94. The Balaban J connectivity index is 2.30. The van der Waals surface area contributed by atoms with Gasteiger partial charge in [0.15, 0.2) is 0 Å². The third-order valence-corrected chi connectivity index (χ3v) is 3.69. The molecule has 1 aromatic carbocycles. The number of nitrogens with one attached hydrogen (secondary N) is 1. The Hall–Kier alpha value is -2.22. The first kappa shape index (κ1) is 15.2. The van der Waals surface area contributed by atoms with Crippen LogP contribution in [0.25, 0.3) is 0 Å². The van der Waals surface area contributed by atoms with Gasteiger partial charge >= 0.3 is 0 Å². The zero-order chi connectivity index (χ0) is 15.4. The maximum absolute atomic E-state index is 11.2. The van der Waals surface area contributed by atoms with Gasteiger partial charge in [-0.15, -0.1) is 0 Å². The monoisotopic (exact) mass is 294 g/mol. The molecule has 1 N–H and O–H groups in total. The predicted octanol–water partition coefficient (Wildman–Crippen LogP) is 2.08. The third kappa shape index (κ3) is 3.46. The lowest BCUT2D eigenvalue weighted by Crippen LogP contribution is -2.37. The molecule has 0 radical (unpaired) electrons. The first-order chi connectivity index (χ1) is 10.0. The molecule has 1 aliphatic rings. The highest BCUT2D eigenvalue weighted by molar-refractivity contribution is 5.66. The molecule has 21 heavy (non-hydrogen) atoms. The molecule has 0 amide bonds. The molecule has 1 aliphatic heterocycles. The summed E-state index contributed by atoms with van der Waals surface area (Å²) in [6, 6.07) is 4.11. The molecule has 1 aromatic rings. The van der Waals surface area contributed by atoms with E-state index in [0.29, 0.717) is 24.8 Å². The maximum Gasteiger partial charge on any atom is 0.299 e. The minimum Gasteiger partial charge on any atom is -0.365 e. The van der Waals surface area contributed by atoms with Crippen molar-refractivity contribution in [3.05, 3.63) is 38.4 Å². The molecule has 8 heteroatoms. The summed E-state index contributed by atoms with van der Waals surface area (Å²) >= 11 is 0. The fourth-order valence-corrected chi connectivity index (χ4v) is 2.62. The fraction of sp³-hybridized carbons (Fsp3) is 0.538. The summed E-state index contributed by atoms with van der Waals surface area (Å²) in [6.45, 7) is 4.15. The van der Waals surface area contributed by atoms with Crippen molar-refractivity contribution in [2.45, 2.75) is 25.8 Å². The van der Waals surface area contributed by atoms with E-state index in [1.54, 1.807) is 0 Å². The van der Waals surface area contributed by atoms with Gasteiger partial charge in [0.1, 0.15) is 5.69 Å². The Morgan fingerprint density at radius 2 is 2.10 bits per heavy atom. The summed E-state index contributed by atoms with van der Waals surface area (Å²) in [5.41, 5.74) is -0.0497. The van der Waals surface area contributed by atoms with Crippen molar-refractivity contribution in [3.8, 4) is 0 Å². The fourth-order valence-electron chi connectivity index (χ4n) is 2.62. The Morgan fingerprint density at radius 1 is 1.33 bits per heavy atom. The van der Waals surface area contributed by atoms with Crippen LogP contribution in [0, 0.1) is 20.2 Å². The minimum absolute atomic E-state index is 0.218. The predicted molar refractivity (Wildman–Crippen MR) is 78.7 cm³/mol. The van der Waals surface area contributed by atoms with Crippen LogP contribution in [-0.4, -0.2) is 35.5 Å². The molecule has 1 unspecified atom stereocenters. The van der Waals surface area contributed by atoms with Gasteiger partial charge < -0.3 is 10.2 Å². The lowest BCUT2D eigenvalue weighted by molar-refractivity contribution is -0.393. The Morgan fingerprint density at radius 3 is 2.62 bits per heavy atom. The normalized spacial score (nSPS) is 17.7. The van der Waals surface area contributed by atoms with Gasteiger partial charge in [0.05, 0.1) is 15.9 Å². The number of nitro groups is 2. The van der Waals surface area contributed by atoms with Crippen LogP contribution < -0.4 is 10.2 Å². The van der Waals surface area contributed by atoms with Crippen molar-refractivity contribution in [3.63, 3.8) is 0 Å². The highest BCUT2D eigenvalue weighted by Gasteiger charge is 2.25. The van der Waals surface area contributed by atoms with Crippen molar-refractivity contribution in [2.75, 3.05) is 24.5 Å². The lowest BCUT2D eigenvalue weighted by atomic mass is 10.1. The minimum atomic E-state index is -0.619.